The molecule has 23 heavy (non-hydrogen) atoms. The third kappa shape index (κ3) is 4.69. The van der Waals surface area contributed by atoms with Crippen molar-refractivity contribution in [2.75, 3.05) is 26.8 Å². The van der Waals surface area contributed by atoms with E-state index in [4.69, 9.17) is 10.5 Å². The average Bonchev–Trinajstić information content (AvgIpc) is 2.47. The highest BCUT2D eigenvalue weighted by atomic mass is 35.5. The predicted molar refractivity (Wildman–Crippen MR) is 96.1 cm³/mol. The van der Waals surface area contributed by atoms with E-state index < -0.39 is 5.54 Å². The van der Waals surface area contributed by atoms with Gasteiger partial charge in [0.1, 0.15) is 0 Å². The standard InChI is InChI=1S/C18H28N2O2.ClH/c1-14-5-7-15(8-6-14)17(2,3)13-20(4)16(21)18(19)9-11-22-12-10-18;/h5-8H,9-13,19H2,1-4H3;1H. The molecule has 5 heteroatoms. The number of hydrogen-bond donors (Lipinski definition) is 1. The molecule has 1 amide bonds. The Kier molecular flexibility index (Phi) is 6.63. The number of carbonyl (C=O) groups excluding carboxylic acids is 1. The molecule has 0 aliphatic carbocycles. The van der Waals surface area contributed by atoms with E-state index in [1.165, 1.54) is 11.1 Å². The van der Waals surface area contributed by atoms with Crippen LogP contribution in [0.2, 0.25) is 0 Å². The van der Waals surface area contributed by atoms with Gasteiger partial charge in [-0.15, -0.1) is 12.4 Å². The zero-order chi connectivity index (χ0) is 16.4. The fraction of sp³-hybridized carbons (Fsp3) is 0.611. The molecule has 1 heterocycles. The highest BCUT2D eigenvalue weighted by Gasteiger charge is 2.39. The number of amides is 1. The molecule has 2 N–H and O–H groups in total. The van der Waals surface area contributed by atoms with E-state index >= 15 is 0 Å². The summed E-state index contributed by atoms with van der Waals surface area (Å²) in [5.74, 6) is 0.0241. The monoisotopic (exact) mass is 340 g/mol. The molecule has 1 aliphatic rings. The molecule has 130 valence electrons. The SMILES string of the molecule is Cc1ccc(C(C)(C)CN(C)C(=O)C2(N)CCOCC2)cc1.Cl. The largest absolute Gasteiger partial charge is 0.381 e. The van der Waals surface area contributed by atoms with Gasteiger partial charge in [0.2, 0.25) is 5.91 Å². The Morgan fingerprint density at radius 1 is 1.26 bits per heavy atom. The van der Waals surface area contributed by atoms with Crippen LogP contribution >= 0.6 is 12.4 Å². The van der Waals surface area contributed by atoms with Crippen LogP contribution in [0.3, 0.4) is 0 Å². The lowest BCUT2D eigenvalue weighted by Gasteiger charge is -2.38. The van der Waals surface area contributed by atoms with Gasteiger partial charge in [-0.05, 0) is 25.3 Å². The first kappa shape index (κ1) is 19.9. The number of ether oxygens (including phenoxy) is 1. The van der Waals surface area contributed by atoms with E-state index in [1.807, 2.05) is 7.05 Å². The minimum Gasteiger partial charge on any atom is -0.381 e. The van der Waals surface area contributed by atoms with Gasteiger partial charge in [-0.1, -0.05) is 43.7 Å². The minimum atomic E-state index is -0.768. The second-order valence-electron chi connectivity index (χ2n) is 7.18. The van der Waals surface area contributed by atoms with Crippen LogP contribution in [0, 0.1) is 6.92 Å². The Morgan fingerprint density at radius 2 is 1.78 bits per heavy atom. The van der Waals surface area contributed by atoms with Crippen molar-refractivity contribution < 1.29 is 9.53 Å². The van der Waals surface area contributed by atoms with Crippen molar-refractivity contribution in [3.63, 3.8) is 0 Å². The molecule has 0 aromatic heterocycles. The second-order valence-corrected chi connectivity index (χ2v) is 7.18. The van der Waals surface area contributed by atoms with Gasteiger partial charge in [0.25, 0.3) is 0 Å². The number of aryl methyl sites for hydroxylation is 1. The summed E-state index contributed by atoms with van der Waals surface area (Å²) < 4.78 is 5.33. The topological polar surface area (TPSA) is 55.6 Å². The number of nitrogens with two attached hydrogens (primary N) is 1. The summed E-state index contributed by atoms with van der Waals surface area (Å²) in [6.07, 6.45) is 1.20. The third-order valence-corrected chi connectivity index (χ3v) is 4.62. The zero-order valence-electron chi connectivity index (χ0n) is 14.6. The van der Waals surface area contributed by atoms with Gasteiger partial charge >= 0.3 is 0 Å². The average molecular weight is 341 g/mol. The molecule has 0 radical (unpaired) electrons. The first-order chi connectivity index (χ1) is 10.2. The molecule has 4 nitrogen and oxygen atoms in total. The van der Waals surface area contributed by atoms with E-state index in [0.29, 0.717) is 32.6 Å². The van der Waals surface area contributed by atoms with Gasteiger partial charge in [-0.25, -0.2) is 0 Å². The van der Waals surface area contributed by atoms with Gasteiger partial charge in [0.15, 0.2) is 0 Å². The van der Waals surface area contributed by atoms with Crippen molar-refractivity contribution in [2.24, 2.45) is 5.73 Å². The molecule has 0 atom stereocenters. The van der Waals surface area contributed by atoms with Gasteiger partial charge in [-0.3, -0.25) is 4.79 Å². The van der Waals surface area contributed by atoms with Crippen molar-refractivity contribution >= 4 is 18.3 Å². The van der Waals surface area contributed by atoms with Gasteiger partial charge in [0, 0.05) is 32.2 Å². The first-order valence-electron chi connectivity index (χ1n) is 7.94. The Morgan fingerprint density at radius 3 is 2.30 bits per heavy atom. The summed E-state index contributed by atoms with van der Waals surface area (Å²) in [4.78, 5) is 14.5. The van der Waals surface area contributed by atoms with Crippen molar-refractivity contribution in [1.29, 1.82) is 0 Å². The number of nitrogens with zero attached hydrogens (tertiary/aromatic N) is 1. The maximum Gasteiger partial charge on any atom is 0.242 e. The molecular formula is C18H29ClN2O2. The molecule has 0 bridgehead atoms. The molecule has 0 unspecified atom stereocenters. The lowest BCUT2D eigenvalue weighted by Crippen LogP contribution is -2.58. The van der Waals surface area contributed by atoms with Crippen molar-refractivity contribution in [1.82, 2.24) is 4.90 Å². The lowest BCUT2D eigenvalue weighted by atomic mass is 9.82. The van der Waals surface area contributed by atoms with Crippen LogP contribution in [0.4, 0.5) is 0 Å². The molecule has 1 fully saturated rings. The second kappa shape index (κ2) is 7.65. The Labute approximate surface area is 145 Å². The van der Waals surface area contributed by atoms with Crippen LogP contribution in [0.1, 0.15) is 37.8 Å². The molecule has 0 saturated carbocycles. The molecule has 1 saturated heterocycles. The number of hydrogen-bond acceptors (Lipinski definition) is 3. The van der Waals surface area contributed by atoms with E-state index in [2.05, 4.69) is 45.0 Å². The van der Waals surface area contributed by atoms with Crippen LogP contribution in [0.5, 0.6) is 0 Å². The normalized spacial score (nSPS) is 17.3. The highest BCUT2D eigenvalue weighted by molar-refractivity contribution is 5.86. The van der Waals surface area contributed by atoms with Crippen molar-refractivity contribution in [2.45, 2.75) is 44.6 Å². The number of benzene rings is 1. The number of halogens is 1. The third-order valence-electron chi connectivity index (χ3n) is 4.62. The van der Waals surface area contributed by atoms with Gasteiger partial charge < -0.3 is 15.4 Å². The molecule has 2 rings (SSSR count). The predicted octanol–water partition coefficient (Wildman–Crippen LogP) is 2.66. The molecule has 1 aromatic carbocycles. The summed E-state index contributed by atoms with van der Waals surface area (Å²) in [5.41, 5.74) is 7.91. The first-order valence-corrected chi connectivity index (χ1v) is 7.94. The summed E-state index contributed by atoms with van der Waals surface area (Å²) in [6.45, 7) is 8.18. The Balaban J connectivity index is 0.00000264. The highest BCUT2D eigenvalue weighted by Crippen LogP contribution is 2.26. The number of rotatable bonds is 4. The summed E-state index contributed by atoms with van der Waals surface area (Å²) in [7, 11) is 1.85. The number of carbonyl (C=O) groups is 1. The minimum absolute atomic E-state index is 0. The van der Waals surface area contributed by atoms with Gasteiger partial charge in [-0.2, -0.15) is 0 Å². The Hall–Kier alpha value is -1.10. The van der Waals surface area contributed by atoms with Crippen molar-refractivity contribution in [3.05, 3.63) is 35.4 Å². The fourth-order valence-corrected chi connectivity index (χ4v) is 3.09. The van der Waals surface area contributed by atoms with E-state index in [9.17, 15) is 4.79 Å². The van der Waals surface area contributed by atoms with Crippen LogP contribution in [-0.4, -0.2) is 43.2 Å². The number of likely N-dealkylation sites (N-methyl/N-ethyl adjacent to an activating group) is 1. The van der Waals surface area contributed by atoms with Crippen molar-refractivity contribution in [3.8, 4) is 0 Å². The zero-order valence-corrected chi connectivity index (χ0v) is 15.4. The molecule has 1 aromatic rings. The maximum atomic E-state index is 12.7. The van der Waals surface area contributed by atoms with Crippen LogP contribution in [0.25, 0.3) is 0 Å². The van der Waals surface area contributed by atoms with Crippen LogP contribution in [-0.2, 0) is 14.9 Å². The summed E-state index contributed by atoms with van der Waals surface area (Å²) in [6, 6.07) is 8.50. The van der Waals surface area contributed by atoms with Crippen LogP contribution < -0.4 is 5.73 Å². The lowest BCUT2D eigenvalue weighted by molar-refractivity contribution is -0.139. The quantitative estimate of drug-likeness (QED) is 0.916. The summed E-state index contributed by atoms with van der Waals surface area (Å²) >= 11 is 0. The Bertz CT molecular complexity index is 522. The van der Waals surface area contributed by atoms with E-state index in [0.717, 1.165) is 0 Å². The maximum absolute atomic E-state index is 12.7. The molecule has 0 spiro atoms. The summed E-state index contributed by atoms with van der Waals surface area (Å²) in [5, 5.41) is 0. The smallest absolute Gasteiger partial charge is 0.242 e. The van der Waals surface area contributed by atoms with Crippen LogP contribution in [0.15, 0.2) is 24.3 Å². The molecule has 1 aliphatic heterocycles. The molecular weight excluding hydrogens is 312 g/mol. The van der Waals surface area contributed by atoms with E-state index in [1.54, 1.807) is 4.90 Å². The van der Waals surface area contributed by atoms with Gasteiger partial charge in [0.05, 0.1) is 5.54 Å². The van der Waals surface area contributed by atoms with E-state index in [-0.39, 0.29) is 23.7 Å². The fourth-order valence-electron chi connectivity index (χ4n) is 3.09.